The van der Waals surface area contributed by atoms with Crippen molar-refractivity contribution in [1.29, 1.82) is 0 Å². The Labute approximate surface area is 179 Å². The van der Waals surface area contributed by atoms with Gasteiger partial charge in [-0.1, -0.05) is 31.7 Å². The number of H-pyrrole nitrogens is 1. The highest BCUT2D eigenvalue weighted by Crippen LogP contribution is 2.22. The van der Waals surface area contributed by atoms with Crippen LogP contribution in [0.25, 0.3) is 10.2 Å². The van der Waals surface area contributed by atoms with E-state index in [0.717, 1.165) is 11.8 Å². The lowest BCUT2D eigenvalue weighted by molar-refractivity contribution is 0.102. The van der Waals surface area contributed by atoms with Gasteiger partial charge in [0.25, 0.3) is 11.1 Å². The van der Waals surface area contributed by atoms with Crippen molar-refractivity contribution >= 4 is 44.9 Å². The number of nitrogens with one attached hydrogen (secondary N) is 1. The first-order chi connectivity index (χ1) is 14.2. The molecule has 3 aromatic heterocycles. The van der Waals surface area contributed by atoms with E-state index in [1.165, 1.54) is 20.5 Å². The van der Waals surface area contributed by atoms with Crippen LogP contribution >= 0.6 is 23.1 Å². The highest BCUT2D eigenvalue weighted by molar-refractivity contribution is 7.99. The number of nitrogens with zero attached hydrogens (tertiary/aromatic N) is 3. The van der Waals surface area contributed by atoms with Gasteiger partial charge < -0.3 is 5.73 Å². The molecular formula is C19H21N5O4S2. The molecule has 3 rings (SSSR count). The highest BCUT2D eigenvalue weighted by Gasteiger charge is 2.21. The molecule has 3 aromatic rings. The van der Waals surface area contributed by atoms with E-state index in [1.54, 1.807) is 17.5 Å². The molecule has 0 aliphatic carbocycles. The largest absolute Gasteiger partial charge is 0.384 e. The molecule has 0 fully saturated rings. The molecule has 3 heterocycles. The molecule has 0 amide bonds. The zero-order valence-corrected chi connectivity index (χ0v) is 18.1. The lowest BCUT2D eigenvalue weighted by Crippen LogP contribution is -2.37. The average Bonchev–Trinajstić information content (AvgIpc) is 3.14. The maximum absolute atomic E-state index is 12.8. The summed E-state index contributed by atoms with van der Waals surface area (Å²) < 4.78 is 3.14. The summed E-state index contributed by atoms with van der Waals surface area (Å²) in [5.74, 6) is -0.802. The molecule has 0 saturated carbocycles. The molecule has 0 bridgehead atoms. The van der Waals surface area contributed by atoms with Gasteiger partial charge in [0, 0.05) is 13.1 Å². The first-order valence-electron chi connectivity index (χ1n) is 9.12. The number of aromatic amines is 1. The number of thiophene rings is 1. The van der Waals surface area contributed by atoms with E-state index < -0.39 is 17.0 Å². The molecule has 3 N–H and O–H groups in total. The van der Waals surface area contributed by atoms with Gasteiger partial charge in [0.15, 0.2) is 10.9 Å². The monoisotopic (exact) mass is 447 g/mol. The third-order valence-electron chi connectivity index (χ3n) is 4.24. The third-order valence-corrected chi connectivity index (χ3v) is 6.11. The van der Waals surface area contributed by atoms with Crippen molar-refractivity contribution in [1.82, 2.24) is 19.1 Å². The van der Waals surface area contributed by atoms with Crippen LogP contribution in [0.4, 0.5) is 5.82 Å². The Balaban J connectivity index is 1.96. The normalized spacial score (nSPS) is 11.3. The van der Waals surface area contributed by atoms with Crippen LogP contribution in [-0.2, 0) is 13.1 Å². The number of anilines is 1. The molecule has 0 spiro atoms. The van der Waals surface area contributed by atoms with Crippen LogP contribution in [0, 0.1) is 5.92 Å². The summed E-state index contributed by atoms with van der Waals surface area (Å²) >= 11 is 2.32. The first kappa shape index (κ1) is 21.8. The van der Waals surface area contributed by atoms with E-state index in [-0.39, 0.29) is 41.7 Å². The smallest absolute Gasteiger partial charge is 0.329 e. The number of rotatable bonds is 8. The second-order valence-electron chi connectivity index (χ2n) is 6.97. The number of fused-ring (bicyclic) bond motifs is 1. The fourth-order valence-corrected chi connectivity index (χ4v) is 4.59. The van der Waals surface area contributed by atoms with Crippen LogP contribution in [0.2, 0.25) is 0 Å². The van der Waals surface area contributed by atoms with Crippen molar-refractivity contribution in [3.05, 3.63) is 60.9 Å². The van der Waals surface area contributed by atoms with Crippen LogP contribution in [-0.4, -0.2) is 30.6 Å². The number of carbonyl (C=O) groups excluding carboxylic acids is 1. The van der Waals surface area contributed by atoms with Gasteiger partial charge in [-0.25, -0.2) is 9.78 Å². The molecule has 0 aliphatic rings. The Hall–Kier alpha value is -2.92. The number of Topliss-reactive ketones (excluding diaryl/α,β-unsaturated/α-hetero) is 1. The number of nitrogens with two attached hydrogens (primary N) is 1. The number of nitrogen functional groups attached to an aromatic ring is 1. The Morgan fingerprint density at radius 2 is 2.10 bits per heavy atom. The summed E-state index contributed by atoms with van der Waals surface area (Å²) in [7, 11) is 0. The zero-order chi connectivity index (χ0) is 22.0. The standard InChI is InChI=1S/C19H21N5O4S2/c1-4-6-23-17(27)14-11(5-7-29-14)21-19(23)30-9-12(25)13-15(20)24(8-10(2)3)18(28)22-16(13)26/h4-5,7,10H,1,6,8-9,20H2,2-3H3,(H,22,26,28). The second-order valence-corrected chi connectivity index (χ2v) is 8.83. The summed E-state index contributed by atoms with van der Waals surface area (Å²) in [6.45, 7) is 7.94. The predicted octanol–water partition coefficient (Wildman–Crippen LogP) is 1.71. The van der Waals surface area contributed by atoms with Gasteiger partial charge in [-0.2, -0.15) is 0 Å². The molecule has 0 atom stereocenters. The Morgan fingerprint density at radius 3 is 2.77 bits per heavy atom. The fourth-order valence-electron chi connectivity index (χ4n) is 2.93. The molecule has 30 heavy (non-hydrogen) atoms. The summed E-state index contributed by atoms with van der Waals surface area (Å²) in [4.78, 5) is 56.4. The number of thioether (sulfide) groups is 1. The van der Waals surface area contributed by atoms with E-state index in [0.29, 0.717) is 15.4 Å². The van der Waals surface area contributed by atoms with Crippen LogP contribution in [0.1, 0.15) is 24.2 Å². The van der Waals surface area contributed by atoms with Gasteiger partial charge in [-0.05, 0) is 17.4 Å². The Kier molecular flexibility index (Phi) is 6.42. The lowest BCUT2D eigenvalue weighted by atomic mass is 10.2. The van der Waals surface area contributed by atoms with Gasteiger partial charge in [0.1, 0.15) is 16.1 Å². The first-order valence-corrected chi connectivity index (χ1v) is 11.0. The number of carbonyl (C=O) groups is 1. The quantitative estimate of drug-likeness (QED) is 0.232. The lowest BCUT2D eigenvalue weighted by Gasteiger charge is -2.14. The van der Waals surface area contributed by atoms with Gasteiger partial charge >= 0.3 is 5.69 Å². The number of hydrogen-bond donors (Lipinski definition) is 2. The second kappa shape index (κ2) is 8.84. The number of allylic oxidation sites excluding steroid dienone is 1. The molecule has 9 nitrogen and oxygen atoms in total. The predicted molar refractivity (Wildman–Crippen MR) is 120 cm³/mol. The van der Waals surface area contributed by atoms with Crippen molar-refractivity contribution in [2.75, 3.05) is 11.5 Å². The van der Waals surface area contributed by atoms with E-state index in [1.807, 2.05) is 13.8 Å². The van der Waals surface area contributed by atoms with Crippen molar-refractivity contribution in [3.63, 3.8) is 0 Å². The molecule has 0 saturated heterocycles. The van der Waals surface area contributed by atoms with Crippen molar-refractivity contribution in [2.45, 2.75) is 32.1 Å². The molecule has 11 heteroatoms. The van der Waals surface area contributed by atoms with Crippen LogP contribution in [0.5, 0.6) is 0 Å². The molecule has 0 radical (unpaired) electrons. The summed E-state index contributed by atoms with van der Waals surface area (Å²) in [6.07, 6.45) is 1.57. The van der Waals surface area contributed by atoms with E-state index in [2.05, 4.69) is 16.5 Å². The SMILES string of the molecule is C=CCn1c(SCC(=O)c2c(N)n(CC(C)C)c(=O)[nH]c2=O)nc2ccsc2c1=O. The maximum atomic E-state index is 12.8. The van der Waals surface area contributed by atoms with Crippen molar-refractivity contribution < 1.29 is 4.79 Å². The molecule has 0 aliphatic heterocycles. The van der Waals surface area contributed by atoms with E-state index in [9.17, 15) is 19.2 Å². The van der Waals surface area contributed by atoms with Crippen LogP contribution < -0.4 is 22.5 Å². The molecular weight excluding hydrogens is 426 g/mol. The minimum absolute atomic E-state index is 0.0862. The fraction of sp³-hybridized carbons (Fsp3) is 0.316. The summed E-state index contributed by atoms with van der Waals surface area (Å²) in [6, 6.07) is 1.73. The van der Waals surface area contributed by atoms with Crippen LogP contribution in [0.3, 0.4) is 0 Å². The summed E-state index contributed by atoms with van der Waals surface area (Å²) in [5.41, 5.74) is 4.58. The summed E-state index contributed by atoms with van der Waals surface area (Å²) in [5, 5.41) is 2.11. The minimum Gasteiger partial charge on any atom is -0.384 e. The Morgan fingerprint density at radius 1 is 1.37 bits per heavy atom. The molecule has 0 aromatic carbocycles. The minimum atomic E-state index is -0.826. The third kappa shape index (κ3) is 4.17. The van der Waals surface area contributed by atoms with E-state index >= 15 is 0 Å². The van der Waals surface area contributed by atoms with Gasteiger partial charge in [0.05, 0.1) is 11.3 Å². The van der Waals surface area contributed by atoms with E-state index in [4.69, 9.17) is 5.73 Å². The number of hydrogen-bond acceptors (Lipinski definition) is 8. The molecule has 158 valence electrons. The topological polar surface area (TPSA) is 133 Å². The highest BCUT2D eigenvalue weighted by atomic mass is 32.2. The van der Waals surface area contributed by atoms with Crippen molar-refractivity contribution in [2.24, 2.45) is 5.92 Å². The van der Waals surface area contributed by atoms with Gasteiger partial charge in [-0.15, -0.1) is 17.9 Å². The Bertz CT molecular complexity index is 1300. The van der Waals surface area contributed by atoms with Gasteiger partial charge in [-0.3, -0.25) is 28.5 Å². The number of ketones is 1. The van der Waals surface area contributed by atoms with Gasteiger partial charge in [0.2, 0.25) is 0 Å². The number of aromatic nitrogens is 4. The van der Waals surface area contributed by atoms with Crippen LogP contribution in [0.15, 0.2) is 43.6 Å². The van der Waals surface area contributed by atoms with Crippen molar-refractivity contribution in [3.8, 4) is 0 Å². The maximum Gasteiger partial charge on any atom is 0.329 e. The zero-order valence-electron chi connectivity index (χ0n) is 16.5. The molecule has 0 unspecified atom stereocenters. The average molecular weight is 448 g/mol.